The largest absolute Gasteiger partial charge is 0.496 e. The number of aryl methyl sites for hydroxylation is 1. The Morgan fingerprint density at radius 2 is 1.95 bits per heavy atom. The number of nitrogens with one attached hydrogen (secondary N) is 1. The third-order valence-electron chi connectivity index (χ3n) is 3.49. The molecule has 0 spiro atoms. The number of hydrogen-bond acceptors (Lipinski definition) is 4. The monoisotopic (exact) mass is 285 g/mol. The summed E-state index contributed by atoms with van der Waals surface area (Å²) in [5, 5.41) is 1.13. The van der Waals surface area contributed by atoms with Crippen LogP contribution in [0.15, 0.2) is 30.6 Å². The Balaban J connectivity index is 0.00000176. The number of nitrogens with zero attached hydrogens (tertiary/aromatic N) is 2. The maximum atomic E-state index is 5.49. The van der Waals surface area contributed by atoms with Crippen molar-refractivity contribution in [2.24, 2.45) is 0 Å². The number of hydrogen-bond donors (Lipinski definition) is 1. The number of aromatic nitrogens is 3. The molecule has 5 heteroatoms. The van der Waals surface area contributed by atoms with Crippen molar-refractivity contribution in [3.8, 4) is 22.9 Å². The molecule has 0 radical (unpaired) electrons. The number of rotatable bonds is 4. The molecule has 1 N–H and O–H groups in total. The molecule has 0 aliphatic rings. The Morgan fingerprint density at radius 1 is 1.10 bits per heavy atom. The molecule has 3 aromatic rings. The van der Waals surface area contributed by atoms with Gasteiger partial charge in [0.25, 0.3) is 0 Å². The van der Waals surface area contributed by atoms with Crippen molar-refractivity contribution in [2.45, 2.75) is 13.3 Å². The zero-order chi connectivity index (χ0) is 14.8. The van der Waals surface area contributed by atoms with Gasteiger partial charge in [0.1, 0.15) is 5.75 Å². The highest BCUT2D eigenvalue weighted by Crippen LogP contribution is 2.33. The molecule has 2 aromatic heterocycles. The molecule has 0 aliphatic heterocycles. The number of aromatic amines is 1. The molecular formula is C16H19N3O2. The number of benzene rings is 1. The molecule has 0 saturated heterocycles. The minimum Gasteiger partial charge on any atom is -0.496 e. The Kier molecular flexibility index (Phi) is 3.48. The number of fused-ring (bicyclic) bond motifs is 1. The highest BCUT2D eigenvalue weighted by atomic mass is 16.5. The summed E-state index contributed by atoms with van der Waals surface area (Å²) >= 11 is 0. The average Bonchev–Trinajstić information content (AvgIpc) is 2.95. The van der Waals surface area contributed by atoms with Crippen molar-refractivity contribution in [3.63, 3.8) is 0 Å². The molecule has 0 bridgehead atoms. The van der Waals surface area contributed by atoms with E-state index in [-0.39, 0.29) is 1.43 Å². The smallest absolute Gasteiger partial charge is 0.232 e. The van der Waals surface area contributed by atoms with Gasteiger partial charge < -0.3 is 14.5 Å². The van der Waals surface area contributed by atoms with E-state index in [0.717, 1.165) is 34.3 Å². The lowest BCUT2D eigenvalue weighted by Crippen LogP contribution is -1.93. The van der Waals surface area contributed by atoms with E-state index in [4.69, 9.17) is 9.47 Å². The molecule has 1 aromatic carbocycles. The highest BCUT2D eigenvalue weighted by Gasteiger charge is 2.11. The Labute approximate surface area is 124 Å². The molecule has 0 amide bonds. The summed E-state index contributed by atoms with van der Waals surface area (Å²) in [7, 11) is 3.23. The first-order chi connectivity index (χ1) is 10.2. The van der Waals surface area contributed by atoms with Crippen LogP contribution in [0, 0.1) is 0 Å². The van der Waals surface area contributed by atoms with Crippen molar-refractivity contribution in [2.75, 3.05) is 14.2 Å². The first-order valence-electron chi connectivity index (χ1n) is 6.81. The molecule has 0 saturated carbocycles. The maximum Gasteiger partial charge on any atom is 0.232 e. The molecular weight excluding hydrogens is 266 g/mol. The van der Waals surface area contributed by atoms with E-state index in [1.165, 1.54) is 5.69 Å². The van der Waals surface area contributed by atoms with Crippen LogP contribution in [-0.2, 0) is 6.42 Å². The maximum absolute atomic E-state index is 5.49. The van der Waals surface area contributed by atoms with Crippen molar-refractivity contribution in [3.05, 3.63) is 36.3 Å². The zero-order valence-corrected chi connectivity index (χ0v) is 12.3. The molecule has 5 nitrogen and oxygen atoms in total. The lowest BCUT2D eigenvalue weighted by atomic mass is 10.1. The van der Waals surface area contributed by atoms with Crippen LogP contribution in [0.1, 0.15) is 14.0 Å². The normalized spacial score (nSPS) is 10.8. The van der Waals surface area contributed by atoms with Gasteiger partial charge in [-0.15, -0.1) is 0 Å². The molecule has 110 valence electrons. The topological polar surface area (TPSA) is 60.0 Å². The van der Waals surface area contributed by atoms with Crippen molar-refractivity contribution in [1.82, 2.24) is 15.0 Å². The molecule has 0 atom stereocenters. The van der Waals surface area contributed by atoms with Gasteiger partial charge in [-0.05, 0) is 24.6 Å². The van der Waals surface area contributed by atoms with Crippen LogP contribution in [0.3, 0.4) is 0 Å². The second-order valence-electron chi connectivity index (χ2n) is 4.73. The van der Waals surface area contributed by atoms with Crippen LogP contribution in [0.4, 0.5) is 0 Å². The first-order valence-corrected chi connectivity index (χ1v) is 6.81. The molecule has 0 fully saturated rings. The highest BCUT2D eigenvalue weighted by molar-refractivity contribution is 5.88. The van der Waals surface area contributed by atoms with Crippen LogP contribution < -0.4 is 9.47 Å². The average molecular weight is 285 g/mol. The van der Waals surface area contributed by atoms with Gasteiger partial charge in [-0.25, -0.2) is 9.97 Å². The van der Waals surface area contributed by atoms with E-state index in [1.807, 2.05) is 12.1 Å². The van der Waals surface area contributed by atoms with Gasteiger partial charge in [0.05, 0.1) is 32.3 Å². The van der Waals surface area contributed by atoms with E-state index >= 15 is 0 Å². The fourth-order valence-corrected chi connectivity index (χ4v) is 2.34. The van der Waals surface area contributed by atoms with Crippen LogP contribution in [0.2, 0.25) is 0 Å². The van der Waals surface area contributed by atoms with Gasteiger partial charge in [0, 0.05) is 23.6 Å². The zero-order valence-electron chi connectivity index (χ0n) is 12.3. The van der Waals surface area contributed by atoms with Gasteiger partial charge in [0.15, 0.2) is 0 Å². The minimum atomic E-state index is 0. The van der Waals surface area contributed by atoms with Gasteiger partial charge in [-0.3, -0.25) is 0 Å². The number of methoxy groups -OCH3 is 2. The molecule has 0 unspecified atom stereocenters. The van der Waals surface area contributed by atoms with Crippen LogP contribution in [0.5, 0.6) is 11.6 Å². The third kappa shape index (κ3) is 2.42. The summed E-state index contributed by atoms with van der Waals surface area (Å²) < 4.78 is 10.5. The van der Waals surface area contributed by atoms with Crippen molar-refractivity contribution < 1.29 is 10.9 Å². The number of H-pyrrole nitrogens is 1. The summed E-state index contributed by atoms with van der Waals surface area (Å²) in [5.74, 6) is 1.27. The summed E-state index contributed by atoms with van der Waals surface area (Å²) in [6.45, 7) is 2.12. The Hall–Kier alpha value is -2.56. The standard InChI is InChI=1S/C16H17N3O2.H2/c1-4-11-5-10-6-15(20-2)12(7-13(10)19-11)14-8-18-16(21-3)9-17-14;/h5-9,19H,4H2,1-3H3;1H. The quantitative estimate of drug-likeness (QED) is 0.797. The van der Waals surface area contributed by atoms with E-state index < -0.39 is 0 Å². The lowest BCUT2D eigenvalue weighted by Gasteiger charge is -2.08. The van der Waals surface area contributed by atoms with Crippen molar-refractivity contribution >= 4 is 10.9 Å². The van der Waals surface area contributed by atoms with E-state index in [0.29, 0.717) is 5.88 Å². The lowest BCUT2D eigenvalue weighted by molar-refractivity contribution is 0.395. The minimum absolute atomic E-state index is 0. The SMILES string of the molecule is CCc1cc2cc(OC)c(-c3cnc(OC)cn3)cc2[nH]1.[HH]. The second-order valence-corrected chi connectivity index (χ2v) is 4.73. The van der Waals surface area contributed by atoms with Gasteiger partial charge in [-0.2, -0.15) is 0 Å². The molecule has 21 heavy (non-hydrogen) atoms. The van der Waals surface area contributed by atoms with Crippen LogP contribution in [0.25, 0.3) is 22.2 Å². The van der Waals surface area contributed by atoms with Gasteiger partial charge >= 0.3 is 0 Å². The fraction of sp³-hybridized carbons (Fsp3) is 0.250. The second kappa shape index (κ2) is 5.44. The predicted molar refractivity (Wildman–Crippen MR) is 83.9 cm³/mol. The summed E-state index contributed by atoms with van der Waals surface area (Å²) in [6.07, 6.45) is 4.26. The van der Waals surface area contributed by atoms with Crippen molar-refractivity contribution in [1.29, 1.82) is 0 Å². The fourth-order valence-electron chi connectivity index (χ4n) is 2.34. The van der Waals surface area contributed by atoms with E-state index in [1.54, 1.807) is 26.6 Å². The van der Waals surface area contributed by atoms with E-state index in [2.05, 4.69) is 27.9 Å². The molecule has 3 rings (SSSR count). The van der Waals surface area contributed by atoms with Gasteiger partial charge in [-0.1, -0.05) is 6.92 Å². The number of ether oxygens (including phenoxy) is 2. The summed E-state index contributed by atoms with van der Waals surface area (Å²) in [5.41, 5.74) is 3.93. The molecule has 2 heterocycles. The first kappa shape index (κ1) is 13.4. The Bertz CT molecular complexity index is 769. The van der Waals surface area contributed by atoms with E-state index in [9.17, 15) is 0 Å². The van der Waals surface area contributed by atoms with Crippen LogP contribution >= 0.6 is 0 Å². The Morgan fingerprint density at radius 3 is 2.57 bits per heavy atom. The summed E-state index contributed by atoms with van der Waals surface area (Å²) in [6, 6.07) is 6.21. The molecule has 0 aliphatic carbocycles. The van der Waals surface area contributed by atoms with Gasteiger partial charge in [0.2, 0.25) is 5.88 Å². The van der Waals surface area contributed by atoms with Crippen LogP contribution in [-0.4, -0.2) is 29.2 Å². The predicted octanol–water partition coefficient (Wildman–Crippen LogP) is 3.45. The summed E-state index contributed by atoms with van der Waals surface area (Å²) in [4.78, 5) is 12.0. The third-order valence-corrected chi connectivity index (χ3v) is 3.49.